The molecule has 1 aliphatic carbocycles. The molecule has 2 rings (SSSR count). The molecule has 1 aromatic rings. The van der Waals surface area contributed by atoms with Gasteiger partial charge in [0.15, 0.2) is 5.69 Å². The molecule has 0 atom stereocenters. The van der Waals surface area contributed by atoms with Gasteiger partial charge in [0.25, 0.3) is 0 Å². The van der Waals surface area contributed by atoms with Crippen LogP contribution in [-0.2, 0) is 6.18 Å². The summed E-state index contributed by atoms with van der Waals surface area (Å²) in [4.78, 5) is 0. The van der Waals surface area contributed by atoms with Crippen molar-refractivity contribution in [1.29, 1.82) is 0 Å². The van der Waals surface area contributed by atoms with Gasteiger partial charge >= 0.3 is 6.18 Å². The predicted octanol–water partition coefficient (Wildman–Crippen LogP) is 2.99. The summed E-state index contributed by atoms with van der Waals surface area (Å²) in [6.07, 6.45) is 1.20. The second-order valence-corrected chi connectivity index (χ2v) is 4.18. The van der Waals surface area contributed by atoms with Crippen LogP contribution >= 0.6 is 0 Å². The van der Waals surface area contributed by atoms with E-state index in [1.54, 1.807) is 0 Å². The standard InChI is InChI=1S/C10H14F3N3/c11-10(12,13)9-8(14)6-15-16(9)7-4-2-1-3-5-7/h6-7H,1-5,14H2. The van der Waals surface area contributed by atoms with E-state index in [1.807, 2.05) is 0 Å². The van der Waals surface area contributed by atoms with Crippen molar-refractivity contribution in [2.75, 3.05) is 5.73 Å². The SMILES string of the molecule is Nc1cnn(C2CCCCC2)c1C(F)(F)F. The van der Waals surface area contributed by atoms with Crippen LogP contribution in [0.5, 0.6) is 0 Å². The zero-order valence-electron chi connectivity index (χ0n) is 8.80. The van der Waals surface area contributed by atoms with E-state index < -0.39 is 11.9 Å². The van der Waals surface area contributed by atoms with Gasteiger partial charge in [0.1, 0.15) is 0 Å². The Morgan fingerprint density at radius 2 is 1.88 bits per heavy atom. The van der Waals surface area contributed by atoms with Crippen LogP contribution < -0.4 is 5.73 Å². The maximum Gasteiger partial charge on any atom is 0.435 e. The molecule has 90 valence electrons. The van der Waals surface area contributed by atoms with E-state index in [-0.39, 0.29) is 11.7 Å². The highest BCUT2D eigenvalue weighted by atomic mass is 19.4. The molecule has 16 heavy (non-hydrogen) atoms. The molecule has 1 heterocycles. The van der Waals surface area contributed by atoms with Crippen molar-refractivity contribution < 1.29 is 13.2 Å². The summed E-state index contributed by atoms with van der Waals surface area (Å²) >= 11 is 0. The van der Waals surface area contributed by atoms with Gasteiger partial charge in [-0.3, -0.25) is 4.68 Å². The fourth-order valence-electron chi connectivity index (χ4n) is 2.27. The minimum absolute atomic E-state index is 0.150. The number of hydrogen-bond donors (Lipinski definition) is 1. The second-order valence-electron chi connectivity index (χ2n) is 4.18. The van der Waals surface area contributed by atoms with Crippen LogP contribution in [0, 0.1) is 0 Å². The van der Waals surface area contributed by atoms with E-state index in [2.05, 4.69) is 5.10 Å². The molecule has 0 unspecified atom stereocenters. The average Bonchev–Trinajstić information content (AvgIpc) is 2.61. The molecule has 2 N–H and O–H groups in total. The molecule has 1 fully saturated rings. The van der Waals surface area contributed by atoms with Crippen LogP contribution in [-0.4, -0.2) is 9.78 Å². The summed E-state index contributed by atoms with van der Waals surface area (Å²) in [6.45, 7) is 0. The Kier molecular flexibility index (Phi) is 2.82. The van der Waals surface area contributed by atoms with Crippen molar-refractivity contribution >= 4 is 5.69 Å². The predicted molar refractivity (Wildman–Crippen MR) is 53.8 cm³/mol. The molecule has 0 aliphatic heterocycles. The fourth-order valence-corrected chi connectivity index (χ4v) is 2.27. The van der Waals surface area contributed by atoms with Crippen molar-refractivity contribution in [2.45, 2.75) is 44.3 Å². The lowest BCUT2D eigenvalue weighted by atomic mass is 9.95. The topological polar surface area (TPSA) is 43.8 Å². The van der Waals surface area contributed by atoms with Gasteiger partial charge < -0.3 is 5.73 Å². The Hall–Kier alpha value is -1.20. The van der Waals surface area contributed by atoms with E-state index in [0.29, 0.717) is 0 Å². The molecule has 1 aliphatic rings. The van der Waals surface area contributed by atoms with Gasteiger partial charge in [-0.2, -0.15) is 18.3 Å². The molecule has 0 radical (unpaired) electrons. The molecule has 0 spiro atoms. The van der Waals surface area contributed by atoms with Gasteiger partial charge in [0.05, 0.1) is 17.9 Å². The van der Waals surface area contributed by atoms with Gasteiger partial charge in [-0.25, -0.2) is 0 Å². The van der Waals surface area contributed by atoms with Gasteiger partial charge in [-0.05, 0) is 12.8 Å². The van der Waals surface area contributed by atoms with Crippen LogP contribution in [0.1, 0.15) is 43.8 Å². The third kappa shape index (κ3) is 2.01. The van der Waals surface area contributed by atoms with Crippen molar-refractivity contribution in [3.8, 4) is 0 Å². The summed E-state index contributed by atoms with van der Waals surface area (Å²) in [7, 11) is 0. The van der Waals surface area contributed by atoms with Crippen molar-refractivity contribution in [1.82, 2.24) is 9.78 Å². The molecule has 3 nitrogen and oxygen atoms in total. The number of rotatable bonds is 1. The van der Waals surface area contributed by atoms with Crippen LogP contribution in [0.4, 0.5) is 18.9 Å². The van der Waals surface area contributed by atoms with E-state index in [9.17, 15) is 13.2 Å². The number of nitrogens with zero attached hydrogens (tertiary/aromatic N) is 2. The maximum absolute atomic E-state index is 12.8. The summed E-state index contributed by atoms with van der Waals surface area (Å²) in [6, 6.07) is -0.150. The van der Waals surface area contributed by atoms with E-state index in [0.717, 1.165) is 43.0 Å². The monoisotopic (exact) mass is 233 g/mol. The maximum atomic E-state index is 12.8. The smallest absolute Gasteiger partial charge is 0.396 e. The highest BCUT2D eigenvalue weighted by Crippen LogP contribution is 2.38. The highest BCUT2D eigenvalue weighted by molar-refractivity contribution is 5.42. The largest absolute Gasteiger partial charge is 0.435 e. The van der Waals surface area contributed by atoms with E-state index in [1.165, 1.54) is 0 Å². The molecule has 0 aromatic carbocycles. The quantitative estimate of drug-likeness (QED) is 0.810. The third-order valence-corrected chi connectivity index (χ3v) is 3.01. The summed E-state index contributed by atoms with van der Waals surface area (Å²) in [5.41, 5.74) is 4.26. The van der Waals surface area contributed by atoms with Crippen molar-refractivity contribution in [2.24, 2.45) is 0 Å². The van der Waals surface area contributed by atoms with Crippen molar-refractivity contribution in [3.05, 3.63) is 11.9 Å². The molecule has 1 aromatic heterocycles. The molecule has 0 saturated heterocycles. The lowest BCUT2D eigenvalue weighted by molar-refractivity contribution is -0.144. The number of halogens is 3. The van der Waals surface area contributed by atoms with Gasteiger partial charge in [0, 0.05) is 0 Å². The van der Waals surface area contributed by atoms with Gasteiger partial charge in [-0.15, -0.1) is 0 Å². The Bertz CT molecular complexity index is 364. The molecule has 6 heteroatoms. The first-order valence-corrected chi connectivity index (χ1v) is 5.40. The third-order valence-electron chi connectivity index (χ3n) is 3.01. The van der Waals surface area contributed by atoms with Crippen LogP contribution in [0.3, 0.4) is 0 Å². The molecule has 0 bridgehead atoms. The Labute approximate surface area is 91.4 Å². The molecule has 0 amide bonds. The van der Waals surface area contributed by atoms with E-state index in [4.69, 9.17) is 5.73 Å². The van der Waals surface area contributed by atoms with Crippen LogP contribution in [0.25, 0.3) is 0 Å². The number of anilines is 1. The number of alkyl halides is 3. The lowest BCUT2D eigenvalue weighted by Gasteiger charge is -2.24. The summed E-state index contributed by atoms with van der Waals surface area (Å²) in [5.74, 6) is 0. The zero-order valence-corrected chi connectivity index (χ0v) is 8.80. The number of nitrogens with two attached hydrogens (primary N) is 1. The minimum atomic E-state index is -4.42. The van der Waals surface area contributed by atoms with Gasteiger partial charge in [0.2, 0.25) is 0 Å². The average molecular weight is 233 g/mol. The minimum Gasteiger partial charge on any atom is -0.396 e. The fraction of sp³-hybridized carbons (Fsp3) is 0.700. The Morgan fingerprint density at radius 1 is 1.25 bits per heavy atom. The van der Waals surface area contributed by atoms with Crippen LogP contribution in [0.15, 0.2) is 6.20 Å². The number of nitrogen functional groups attached to an aromatic ring is 1. The zero-order chi connectivity index (χ0) is 11.8. The summed E-state index contributed by atoms with van der Waals surface area (Å²) in [5, 5.41) is 3.78. The van der Waals surface area contributed by atoms with Crippen LogP contribution in [0.2, 0.25) is 0 Å². The first-order chi connectivity index (χ1) is 7.50. The highest BCUT2D eigenvalue weighted by Gasteiger charge is 2.39. The first kappa shape index (κ1) is 11.3. The summed E-state index contributed by atoms with van der Waals surface area (Å²) < 4.78 is 39.3. The van der Waals surface area contributed by atoms with E-state index >= 15 is 0 Å². The van der Waals surface area contributed by atoms with Gasteiger partial charge in [-0.1, -0.05) is 19.3 Å². The van der Waals surface area contributed by atoms with Crippen molar-refractivity contribution in [3.63, 3.8) is 0 Å². The Morgan fingerprint density at radius 3 is 2.44 bits per heavy atom. The lowest BCUT2D eigenvalue weighted by Crippen LogP contribution is -2.22. The molecule has 1 saturated carbocycles. The number of aromatic nitrogens is 2. The molecular formula is C10H14F3N3. The first-order valence-electron chi connectivity index (χ1n) is 5.40. The number of hydrogen-bond acceptors (Lipinski definition) is 2. The second kappa shape index (κ2) is 3.99. The Balaban J connectivity index is 2.33. The normalized spacial score (nSPS) is 18.9. The molecular weight excluding hydrogens is 219 g/mol.